The lowest BCUT2D eigenvalue weighted by Crippen LogP contribution is -2.43. The highest BCUT2D eigenvalue weighted by Gasteiger charge is 2.47. The third-order valence-electron chi connectivity index (χ3n) is 4.28. The molecule has 1 aromatic heterocycles. The Bertz CT molecular complexity index is 994. The number of likely N-dealkylation sites (tertiary alicyclic amines) is 1. The topological polar surface area (TPSA) is 86.1 Å². The van der Waals surface area contributed by atoms with Crippen LogP contribution in [0.2, 0.25) is 5.02 Å². The molecule has 2 amide bonds. The van der Waals surface area contributed by atoms with Crippen LogP contribution < -0.4 is 5.32 Å². The van der Waals surface area contributed by atoms with Crippen molar-refractivity contribution in [2.24, 2.45) is 0 Å². The van der Waals surface area contributed by atoms with Gasteiger partial charge in [-0.15, -0.1) is 11.3 Å². The van der Waals surface area contributed by atoms with Crippen LogP contribution in [0.1, 0.15) is 27.5 Å². The maximum absolute atomic E-state index is 13.4. The number of halogens is 4. The normalized spacial score (nSPS) is 17.8. The van der Waals surface area contributed by atoms with Crippen LogP contribution in [0, 0.1) is 11.3 Å². The van der Waals surface area contributed by atoms with Crippen LogP contribution in [-0.2, 0) is 11.2 Å². The van der Waals surface area contributed by atoms with E-state index in [-0.39, 0.29) is 5.69 Å². The first-order chi connectivity index (χ1) is 13.7. The monoisotopic (exact) mass is 502 g/mol. The Morgan fingerprint density at radius 1 is 1.48 bits per heavy atom. The van der Waals surface area contributed by atoms with Gasteiger partial charge in [-0.3, -0.25) is 9.59 Å². The molecule has 0 bridgehead atoms. The highest BCUT2D eigenvalue weighted by Crippen LogP contribution is 2.31. The minimum absolute atomic E-state index is 0.131. The number of carbonyl (C=O) groups excluding carboxylic acids is 2. The van der Waals surface area contributed by atoms with E-state index < -0.39 is 43.3 Å². The average Bonchev–Trinajstić information content (AvgIpc) is 3.25. The number of nitrogens with zero attached hydrogens (tertiary/aromatic N) is 3. The number of aromatic nitrogens is 1. The predicted octanol–water partition coefficient (Wildman–Crippen LogP) is 3.64. The molecule has 1 saturated heterocycles. The molecule has 1 aliphatic heterocycles. The van der Waals surface area contributed by atoms with E-state index in [0.717, 1.165) is 14.9 Å². The fraction of sp³-hybridized carbons (Fsp3) is 0.333. The van der Waals surface area contributed by atoms with Crippen LogP contribution in [0.15, 0.2) is 28.1 Å². The lowest BCUT2D eigenvalue weighted by molar-refractivity contribution is -0.131. The van der Waals surface area contributed by atoms with Gasteiger partial charge in [-0.05, 0) is 17.7 Å². The van der Waals surface area contributed by atoms with E-state index in [1.165, 1.54) is 11.3 Å². The van der Waals surface area contributed by atoms with E-state index in [9.17, 15) is 18.4 Å². The molecule has 3 rings (SSSR count). The minimum Gasteiger partial charge on any atom is -0.342 e. The molecule has 11 heteroatoms. The van der Waals surface area contributed by atoms with Crippen molar-refractivity contribution in [1.29, 1.82) is 5.26 Å². The van der Waals surface area contributed by atoms with Gasteiger partial charge < -0.3 is 10.2 Å². The molecule has 0 radical (unpaired) electrons. The molecule has 0 saturated carbocycles. The second kappa shape index (κ2) is 8.73. The van der Waals surface area contributed by atoms with Crippen LogP contribution in [0.25, 0.3) is 0 Å². The number of amides is 2. The largest absolute Gasteiger partial charge is 0.342 e. The van der Waals surface area contributed by atoms with Crippen molar-refractivity contribution in [2.45, 2.75) is 24.8 Å². The number of rotatable bonds is 5. The summed E-state index contributed by atoms with van der Waals surface area (Å²) in [5, 5.41) is 14.2. The van der Waals surface area contributed by atoms with Crippen molar-refractivity contribution in [1.82, 2.24) is 15.2 Å². The van der Waals surface area contributed by atoms with E-state index in [4.69, 9.17) is 16.9 Å². The first-order valence-corrected chi connectivity index (χ1v) is 10.5. The number of benzene rings is 1. The van der Waals surface area contributed by atoms with Crippen LogP contribution in [0.3, 0.4) is 0 Å². The number of nitriles is 1. The molecule has 1 aromatic carbocycles. The third kappa shape index (κ3) is 5.29. The van der Waals surface area contributed by atoms with E-state index in [0.29, 0.717) is 16.5 Å². The lowest BCUT2D eigenvalue weighted by Gasteiger charge is -2.19. The first kappa shape index (κ1) is 21.6. The summed E-state index contributed by atoms with van der Waals surface area (Å²) in [4.78, 5) is 29.4. The Morgan fingerprint density at radius 2 is 2.24 bits per heavy atom. The molecule has 1 atom stereocenters. The Morgan fingerprint density at radius 3 is 2.93 bits per heavy atom. The summed E-state index contributed by atoms with van der Waals surface area (Å²) in [7, 11) is 0. The molecule has 1 N–H and O–H groups in total. The van der Waals surface area contributed by atoms with Crippen molar-refractivity contribution in [3.63, 3.8) is 0 Å². The van der Waals surface area contributed by atoms with E-state index >= 15 is 0 Å². The maximum Gasteiger partial charge on any atom is 0.271 e. The standard InChI is InChI=1S/C18H14BrClF2N4O2S/c19-13-4-11(20)2-1-10(13)3-15-25-14(8-29-15)17(28)24-7-16(27)26-9-18(21,22)5-12(26)6-23/h1-2,4,8,12H,3,5,7,9H2,(H,24,28)/t12-/m0/s1. The maximum atomic E-state index is 13.4. The molecule has 152 valence electrons. The van der Waals surface area contributed by atoms with Crippen molar-refractivity contribution >= 4 is 50.7 Å². The van der Waals surface area contributed by atoms with Crippen molar-refractivity contribution in [3.05, 3.63) is 49.3 Å². The van der Waals surface area contributed by atoms with Gasteiger partial charge in [0.1, 0.15) is 11.7 Å². The molecule has 6 nitrogen and oxygen atoms in total. The molecule has 1 aliphatic rings. The van der Waals surface area contributed by atoms with Crippen LogP contribution in [0.5, 0.6) is 0 Å². The van der Waals surface area contributed by atoms with Crippen LogP contribution in [0.4, 0.5) is 8.78 Å². The lowest BCUT2D eigenvalue weighted by atomic mass is 10.2. The number of carbonyl (C=O) groups is 2. The van der Waals surface area contributed by atoms with E-state index in [1.54, 1.807) is 23.6 Å². The fourth-order valence-corrected chi connectivity index (χ4v) is 4.49. The van der Waals surface area contributed by atoms with Crippen molar-refractivity contribution < 1.29 is 18.4 Å². The van der Waals surface area contributed by atoms with Gasteiger partial charge in [0.25, 0.3) is 11.8 Å². The summed E-state index contributed by atoms with van der Waals surface area (Å²) >= 11 is 10.6. The molecule has 0 unspecified atom stereocenters. The summed E-state index contributed by atoms with van der Waals surface area (Å²) in [6.45, 7) is -1.31. The van der Waals surface area contributed by atoms with Gasteiger partial charge in [-0.25, -0.2) is 13.8 Å². The number of alkyl halides is 2. The van der Waals surface area contributed by atoms with Gasteiger partial charge in [0, 0.05) is 27.7 Å². The summed E-state index contributed by atoms with van der Waals surface area (Å²) < 4.78 is 27.7. The second-order valence-corrected chi connectivity index (χ2v) is 8.68. The molecular formula is C18H14BrClF2N4O2S. The fourth-order valence-electron chi connectivity index (χ4n) is 2.87. The summed E-state index contributed by atoms with van der Waals surface area (Å²) in [5.74, 6) is -4.42. The molecule has 0 spiro atoms. The molecular weight excluding hydrogens is 490 g/mol. The summed E-state index contributed by atoms with van der Waals surface area (Å²) in [6.07, 6.45) is -0.208. The Balaban J connectivity index is 1.58. The van der Waals surface area contributed by atoms with Gasteiger partial charge >= 0.3 is 0 Å². The minimum atomic E-state index is -3.10. The van der Waals surface area contributed by atoms with Crippen LogP contribution in [-0.4, -0.2) is 46.8 Å². The zero-order valence-electron chi connectivity index (χ0n) is 14.8. The Hall–Kier alpha value is -2.09. The van der Waals surface area contributed by atoms with Crippen molar-refractivity contribution in [3.8, 4) is 6.07 Å². The van der Waals surface area contributed by atoms with Crippen LogP contribution >= 0.6 is 38.9 Å². The number of thiazole rings is 1. The van der Waals surface area contributed by atoms with Gasteiger partial charge in [-0.1, -0.05) is 33.6 Å². The van der Waals surface area contributed by atoms with Gasteiger partial charge in [0.05, 0.1) is 24.2 Å². The highest BCUT2D eigenvalue weighted by molar-refractivity contribution is 9.10. The third-order valence-corrected chi connectivity index (χ3v) is 6.10. The molecule has 1 fully saturated rings. The highest BCUT2D eigenvalue weighted by atomic mass is 79.9. The van der Waals surface area contributed by atoms with Crippen molar-refractivity contribution in [2.75, 3.05) is 13.1 Å². The number of hydrogen-bond acceptors (Lipinski definition) is 5. The van der Waals surface area contributed by atoms with Gasteiger partial charge in [0.15, 0.2) is 0 Å². The molecule has 2 heterocycles. The zero-order valence-corrected chi connectivity index (χ0v) is 18.0. The summed E-state index contributed by atoms with van der Waals surface area (Å²) in [6, 6.07) is 5.87. The Labute approximate surface area is 182 Å². The number of nitrogens with one attached hydrogen (secondary N) is 1. The average molecular weight is 504 g/mol. The molecule has 0 aliphatic carbocycles. The molecule has 29 heavy (non-hydrogen) atoms. The van der Waals surface area contributed by atoms with Gasteiger partial charge in [0.2, 0.25) is 5.91 Å². The Kier molecular flexibility index (Phi) is 6.51. The quantitative estimate of drug-likeness (QED) is 0.675. The second-order valence-electron chi connectivity index (χ2n) is 6.45. The SMILES string of the molecule is N#C[C@@H]1CC(F)(F)CN1C(=O)CNC(=O)c1csc(Cc2ccc(Cl)cc2Br)n1. The predicted molar refractivity (Wildman–Crippen MR) is 107 cm³/mol. The zero-order chi connectivity index (χ0) is 21.2. The van der Waals surface area contributed by atoms with E-state index in [2.05, 4.69) is 26.2 Å². The smallest absolute Gasteiger partial charge is 0.271 e. The molecule has 2 aromatic rings. The van der Waals surface area contributed by atoms with E-state index in [1.807, 2.05) is 6.07 Å². The van der Waals surface area contributed by atoms with Gasteiger partial charge in [-0.2, -0.15) is 5.26 Å². The summed E-state index contributed by atoms with van der Waals surface area (Å²) in [5.41, 5.74) is 1.08. The first-order valence-electron chi connectivity index (χ1n) is 8.42. The number of hydrogen-bond donors (Lipinski definition) is 1.